The van der Waals surface area contributed by atoms with Crippen molar-refractivity contribution in [2.75, 3.05) is 6.54 Å². The highest BCUT2D eigenvalue weighted by atomic mass is 16.2. The Morgan fingerprint density at radius 3 is 2.38 bits per heavy atom. The van der Waals surface area contributed by atoms with Crippen LogP contribution in [0, 0.1) is 0 Å². The van der Waals surface area contributed by atoms with E-state index >= 15 is 0 Å². The van der Waals surface area contributed by atoms with Gasteiger partial charge >= 0.3 is 0 Å². The predicted octanol–water partition coefficient (Wildman–Crippen LogP) is -0.0198. The summed E-state index contributed by atoms with van der Waals surface area (Å²) >= 11 is 0. The molecule has 4 N–H and O–H groups in total. The van der Waals surface area contributed by atoms with Gasteiger partial charge in [-0.15, -0.1) is 0 Å². The Hall–Kier alpha value is -1.10. The van der Waals surface area contributed by atoms with E-state index in [1.165, 1.54) is 0 Å². The van der Waals surface area contributed by atoms with Crippen molar-refractivity contribution in [2.45, 2.75) is 51.1 Å². The Morgan fingerprint density at radius 1 is 1.38 bits per heavy atom. The van der Waals surface area contributed by atoms with Gasteiger partial charge in [0, 0.05) is 6.54 Å². The second kappa shape index (κ2) is 4.82. The van der Waals surface area contributed by atoms with Crippen molar-refractivity contribution in [3.63, 3.8) is 0 Å². The smallest absolute Gasteiger partial charge is 0.243 e. The van der Waals surface area contributed by atoms with Crippen molar-refractivity contribution in [3.8, 4) is 0 Å². The molecule has 1 aliphatic rings. The molecular weight excluding hydrogens is 206 g/mol. The van der Waals surface area contributed by atoms with E-state index in [0.717, 1.165) is 6.42 Å². The van der Waals surface area contributed by atoms with E-state index in [2.05, 4.69) is 0 Å². The maximum absolute atomic E-state index is 12.2. The van der Waals surface area contributed by atoms with E-state index < -0.39 is 17.5 Å². The molecule has 0 saturated carbocycles. The fourth-order valence-electron chi connectivity index (χ4n) is 2.14. The minimum absolute atomic E-state index is 0.140. The lowest BCUT2D eigenvalue weighted by Gasteiger charge is -2.33. The monoisotopic (exact) mass is 227 g/mol. The molecule has 16 heavy (non-hydrogen) atoms. The van der Waals surface area contributed by atoms with E-state index in [-0.39, 0.29) is 5.91 Å². The summed E-state index contributed by atoms with van der Waals surface area (Å²) in [5.41, 5.74) is 10.5. The van der Waals surface area contributed by atoms with Gasteiger partial charge in [-0.2, -0.15) is 0 Å². The number of nitrogens with two attached hydrogens (primary N) is 2. The number of primary amides is 1. The van der Waals surface area contributed by atoms with Crippen LogP contribution >= 0.6 is 0 Å². The number of likely N-dealkylation sites (tertiary alicyclic amines) is 1. The van der Waals surface area contributed by atoms with Gasteiger partial charge in [0.1, 0.15) is 6.04 Å². The quantitative estimate of drug-likeness (QED) is 0.707. The van der Waals surface area contributed by atoms with Crippen LogP contribution in [-0.4, -0.2) is 34.8 Å². The normalized spacial score (nSPS) is 21.2. The lowest BCUT2D eigenvalue weighted by molar-refractivity contribution is -0.142. The van der Waals surface area contributed by atoms with E-state index in [0.29, 0.717) is 25.8 Å². The molecule has 92 valence electrons. The average molecular weight is 227 g/mol. The highest BCUT2D eigenvalue weighted by molar-refractivity contribution is 5.91. The van der Waals surface area contributed by atoms with Crippen LogP contribution in [0.4, 0.5) is 0 Å². The average Bonchev–Trinajstić information content (AvgIpc) is 2.75. The van der Waals surface area contributed by atoms with Gasteiger partial charge in [-0.25, -0.2) is 0 Å². The SMILES string of the molecule is CCC(N)(CC)C(=O)N1CCCC1C(N)=O. The number of amides is 2. The number of hydrogen-bond acceptors (Lipinski definition) is 3. The van der Waals surface area contributed by atoms with Crippen molar-refractivity contribution >= 4 is 11.8 Å². The zero-order valence-electron chi connectivity index (χ0n) is 10.0. The Balaban J connectivity index is 2.84. The second-order valence-electron chi connectivity index (χ2n) is 4.42. The lowest BCUT2D eigenvalue weighted by Crippen LogP contribution is -2.57. The molecule has 5 nitrogen and oxygen atoms in total. The van der Waals surface area contributed by atoms with Crippen molar-refractivity contribution in [3.05, 3.63) is 0 Å². The topological polar surface area (TPSA) is 89.4 Å². The van der Waals surface area contributed by atoms with Gasteiger partial charge in [0.05, 0.1) is 5.54 Å². The summed E-state index contributed by atoms with van der Waals surface area (Å²) in [5, 5.41) is 0. The molecule has 1 fully saturated rings. The molecule has 5 heteroatoms. The minimum atomic E-state index is -0.849. The first-order valence-electron chi connectivity index (χ1n) is 5.85. The first-order valence-corrected chi connectivity index (χ1v) is 5.85. The third-order valence-electron chi connectivity index (χ3n) is 3.53. The van der Waals surface area contributed by atoms with Gasteiger partial charge < -0.3 is 16.4 Å². The van der Waals surface area contributed by atoms with Gasteiger partial charge in [0.25, 0.3) is 0 Å². The Kier molecular flexibility index (Phi) is 3.91. The number of hydrogen-bond donors (Lipinski definition) is 2. The summed E-state index contributed by atoms with van der Waals surface area (Å²) < 4.78 is 0. The van der Waals surface area contributed by atoms with Gasteiger partial charge in [-0.1, -0.05) is 13.8 Å². The third-order valence-corrected chi connectivity index (χ3v) is 3.53. The van der Waals surface area contributed by atoms with Crippen LogP contribution in [0.3, 0.4) is 0 Å². The first-order chi connectivity index (χ1) is 7.46. The standard InChI is InChI=1S/C11H21N3O2/c1-3-11(13,4-2)10(16)14-7-5-6-8(14)9(12)15/h8H,3-7,13H2,1-2H3,(H2,12,15). The number of carbonyl (C=O) groups is 2. The zero-order valence-corrected chi connectivity index (χ0v) is 10.0. The molecule has 1 heterocycles. The van der Waals surface area contributed by atoms with Crippen molar-refractivity contribution in [2.24, 2.45) is 11.5 Å². The molecule has 1 unspecified atom stereocenters. The molecule has 2 amide bonds. The summed E-state index contributed by atoms with van der Waals surface area (Å²) in [6.07, 6.45) is 2.63. The molecule has 0 radical (unpaired) electrons. The van der Waals surface area contributed by atoms with Crippen LogP contribution in [0.15, 0.2) is 0 Å². The van der Waals surface area contributed by atoms with E-state index in [1.807, 2.05) is 13.8 Å². The Morgan fingerprint density at radius 2 is 1.94 bits per heavy atom. The fraction of sp³-hybridized carbons (Fsp3) is 0.818. The Labute approximate surface area is 96.1 Å². The summed E-state index contributed by atoms with van der Waals surface area (Å²) in [4.78, 5) is 25.0. The van der Waals surface area contributed by atoms with Crippen LogP contribution in [-0.2, 0) is 9.59 Å². The lowest BCUT2D eigenvalue weighted by atomic mass is 9.92. The van der Waals surface area contributed by atoms with Gasteiger partial charge in [0.15, 0.2) is 0 Å². The molecule has 0 aromatic heterocycles. The summed E-state index contributed by atoms with van der Waals surface area (Å²) in [6, 6.07) is -0.464. The second-order valence-corrected chi connectivity index (χ2v) is 4.42. The van der Waals surface area contributed by atoms with Gasteiger partial charge in [-0.05, 0) is 25.7 Å². The molecule has 0 bridgehead atoms. The number of carbonyl (C=O) groups excluding carboxylic acids is 2. The van der Waals surface area contributed by atoms with E-state index in [9.17, 15) is 9.59 Å². The van der Waals surface area contributed by atoms with Crippen molar-refractivity contribution < 1.29 is 9.59 Å². The van der Waals surface area contributed by atoms with Crippen LogP contribution in [0.25, 0.3) is 0 Å². The summed E-state index contributed by atoms with van der Waals surface area (Å²) in [5.74, 6) is -0.570. The fourth-order valence-corrected chi connectivity index (χ4v) is 2.14. The maximum atomic E-state index is 12.2. The van der Waals surface area contributed by atoms with Crippen LogP contribution < -0.4 is 11.5 Å². The molecule has 0 aliphatic carbocycles. The van der Waals surface area contributed by atoms with Crippen molar-refractivity contribution in [1.82, 2.24) is 4.90 Å². The first kappa shape index (κ1) is 13.0. The Bertz CT molecular complexity index is 287. The van der Waals surface area contributed by atoms with Crippen LogP contribution in [0.5, 0.6) is 0 Å². The van der Waals surface area contributed by atoms with Crippen LogP contribution in [0.1, 0.15) is 39.5 Å². The number of rotatable bonds is 4. The highest BCUT2D eigenvalue weighted by Crippen LogP contribution is 2.23. The molecule has 1 atom stereocenters. The molecule has 1 rings (SSSR count). The van der Waals surface area contributed by atoms with Crippen molar-refractivity contribution in [1.29, 1.82) is 0 Å². The van der Waals surface area contributed by atoms with Gasteiger partial charge in [-0.3, -0.25) is 9.59 Å². The molecule has 1 saturated heterocycles. The van der Waals surface area contributed by atoms with E-state index in [1.54, 1.807) is 4.90 Å². The molecule has 0 aromatic rings. The predicted molar refractivity (Wildman–Crippen MR) is 61.4 cm³/mol. The molecule has 0 aromatic carbocycles. The third kappa shape index (κ3) is 2.19. The highest BCUT2D eigenvalue weighted by Gasteiger charge is 2.40. The maximum Gasteiger partial charge on any atom is 0.243 e. The molecular formula is C11H21N3O2. The summed E-state index contributed by atoms with van der Waals surface area (Å²) in [7, 11) is 0. The van der Waals surface area contributed by atoms with E-state index in [4.69, 9.17) is 11.5 Å². The largest absolute Gasteiger partial charge is 0.368 e. The minimum Gasteiger partial charge on any atom is -0.368 e. The van der Waals surface area contributed by atoms with Crippen LogP contribution in [0.2, 0.25) is 0 Å². The number of nitrogens with zero attached hydrogens (tertiary/aromatic N) is 1. The molecule has 0 spiro atoms. The zero-order chi connectivity index (χ0) is 12.3. The molecule has 1 aliphatic heterocycles. The van der Waals surface area contributed by atoms with Gasteiger partial charge in [0.2, 0.25) is 11.8 Å². The summed E-state index contributed by atoms with van der Waals surface area (Å²) in [6.45, 7) is 4.36.